The van der Waals surface area contributed by atoms with Gasteiger partial charge in [-0.3, -0.25) is 10.1 Å². The number of hydrogen-bond acceptors (Lipinski definition) is 2. The Balaban J connectivity index is 1.48. The number of fused-ring (bicyclic) bond motifs is 1. The molecule has 3 aromatic carbocycles. The third-order valence-corrected chi connectivity index (χ3v) is 5.48. The Hall–Kier alpha value is -2.91. The first-order valence-corrected chi connectivity index (χ1v) is 10.0. The molecule has 0 saturated carbocycles. The Kier molecular flexibility index (Phi) is 5.54. The highest BCUT2D eigenvalue weighted by molar-refractivity contribution is 5.98. The van der Waals surface area contributed by atoms with E-state index in [4.69, 9.17) is 0 Å². The highest BCUT2D eigenvalue weighted by atomic mass is 16.2. The number of amides is 1. The molecule has 0 saturated heterocycles. The fraction of sp³-hybridized carbons (Fsp3) is 0.240. The van der Waals surface area contributed by atoms with Gasteiger partial charge in [-0.2, -0.15) is 0 Å². The maximum atomic E-state index is 12.9. The van der Waals surface area contributed by atoms with Crippen molar-refractivity contribution in [3.63, 3.8) is 0 Å². The molecule has 3 nitrogen and oxygen atoms in total. The van der Waals surface area contributed by atoms with E-state index < -0.39 is 0 Å². The van der Waals surface area contributed by atoms with E-state index in [0.717, 1.165) is 36.1 Å². The molecule has 4 rings (SSSR count). The number of carbonyl (C=O) groups excluding carboxylic acids is 1. The zero-order chi connectivity index (χ0) is 19.3. The fourth-order valence-corrected chi connectivity index (χ4v) is 4.01. The summed E-state index contributed by atoms with van der Waals surface area (Å²) >= 11 is 0. The summed E-state index contributed by atoms with van der Waals surface area (Å²) in [5.74, 6) is -0.00793. The minimum absolute atomic E-state index is 0.00793. The Morgan fingerprint density at radius 1 is 0.929 bits per heavy atom. The molecule has 0 aliphatic heterocycles. The zero-order valence-electron chi connectivity index (χ0n) is 16.2. The molecule has 2 N–H and O–H groups in total. The van der Waals surface area contributed by atoms with Crippen LogP contribution in [0.3, 0.4) is 0 Å². The highest BCUT2D eigenvalue weighted by Crippen LogP contribution is 2.30. The summed E-state index contributed by atoms with van der Waals surface area (Å²) in [7, 11) is 0. The third-order valence-electron chi connectivity index (χ3n) is 5.48. The van der Waals surface area contributed by atoms with Crippen LogP contribution in [0.15, 0.2) is 78.9 Å². The van der Waals surface area contributed by atoms with Crippen LogP contribution in [0, 0.1) is 0 Å². The van der Waals surface area contributed by atoms with E-state index in [1.165, 1.54) is 11.1 Å². The second-order valence-electron chi connectivity index (χ2n) is 7.43. The van der Waals surface area contributed by atoms with Crippen LogP contribution in [-0.4, -0.2) is 11.9 Å². The molecule has 142 valence electrons. The van der Waals surface area contributed by atoms with Gasteiger partial charge in [-0.25, -0.2) is 0 Å². The molecule has 0 radical (unpaired) electrons. The molecular weight excluding hydrogens is 344 g/mol. The minimum Gasteiger partial charge on any atom is -0.324 e. The van der Waals surface area contributed by atoms with Gasteiger partial charge in [0.05, 0.1) is 6.04 Å². The van der Waals surface area contributed by atoms with E-state index in [2.05, 4.69) is 47.0 Å². The van der Waals surface area contributed by atoms with E-state index >= 15 is 0 Å². The van der Waals surface area contributed by atoms with Gasteiger partial charge in [0.1, 0.15) is 0 Å². The first-order valence-electron chi connectivity index (χ1n) is 10.0. The van der Waals surface area contributed by atoms with Crippen molar-refractivity contribution in [3.8, 4) is 11.1 Å². The van der Waals surface area contributed by atoms with Crippen molar-refractivity contribution in [1.82, 2.24) is 5.32 Å². The van der Waals surface area contributed by atoms with Gasteiger partial charge in [0, 0.05) is 17.3 Å². The van der Waals surface area contributed by atoms with E-state index in [1.807, 2.05) is 49.4 Å². The lowest BCUT2D eigenvalue weighted by atomic mass is 9.87. The van der Waals surface area contributed by atoms with Crippen LogP contribution in [0.2, 0.25) is 0 Å². The summed E-state index contributed by atoms with van der Waals surface area (Å²) in [6.07, 6.45) is 3.34. The van der Waals surface area contributed by atoms with Crippen molar-refractivity contribution in [2.45, 2.75) is 38.3 Å². The summed E-state index contributed by atoms with van der Waals surface area (Å²) in [6.45, 7) is 1.94. The Morgan fingerprint density at radius 3 is 2.50 bits per heavy atom. The molecule has 0 bridgehead atoms. The number of carbonyl (C=O) groups is 1. The lowest BCUT2D eigenvalue weighted by molar-refractivity contribution is -0.118. The van der Waals surface area contributed by atoms with E-state index in [9.17, 15) is 4.79 Å². The van der Waals surface area contributed by atoms with Crippen LogP contribution < -0.4 is 10.6 Å². The van der Waals surface area contributed by atoms with E-state index in [-0.39, 0.29) is 18.0 Å². The van der Waals surface area contributed by atoms with E-state index in [1.54, 1.807) is 0 Å². The maximum absolute atomic E-state index is 12.9. The minimum atomic E-state index is -0.278. The summed E-state index contributed by atoms with van der Waals surface area (Å²) in [6, 6.07) is 26.6. The molecule has 3 aromatic rings. The Labute approximate surface area is 166 Å². The Bertz CT molecular complexity index is 952. The number of aryl methyl sites for hydroxylation is 1. The van der Waals surface area contributed by atoms with Gasteiger partial charge in [0.2, 0.25) is 5.91 Å². The smallest absolute Gasteiger partial charge is 0.241 e. The molecule has 1 aliphatic carbocycles. The summed E-state index contributed by atoms with van der Waals surface area (Å²) in [5, 5.41) is 6.66. The van der Waals surface area contributed by atoms with Crippen molar-refractivity contribution in [2.24, 2.45) is 0 Å². The van der Waals surface area contributed by atoms with Gasteiger partial charge in [-0.1, -0.05) is 72.8 Å². The number of hydrogen-bond donors (Lipinski definition) is 2. The van der Waals surface area contributed by atoms with Crippen LogP contribution >= 0.6 is 0 Å². The second kappa shape index (κ2) is 8.41. The quantitative estimate of drug-likeness (QED) is 0.636. The van der Waals surface area contributed by atoms with Gasteiger partial charge in [0.15, 0.2) is 0 Å². The zero-order valence-corrected chi connectivity index (χ0v) is 16.2. The molecule has 0 aromatic heterocycles. The monoisotopic (exact) mass is 370 g/mol. The van der Waals surface area contributed by atoms with Crippen LogP contribution in [0.4, 0.5) is 5.69 Å². The molecule has 0 unspecified atom stereocenters. The van der Waals surface area contributed by atoms with Gasteiger partial charge in [-0.15, -0.1) is 0 Å². The van der Waals surface area contributed by atoms with Crippen molar-refractivity contribution in [3.05, 3.63) is 90.0 Å². The lowest BCUT2D eigenvalue weighted by Crippen LogP contribution is -2.41. The largest absolute Gasteiger partial charge is 0.324 e. The van der Waals surface area contributed by atoms with Crippen molar-refractivity contribution in [1.29, 1.82) is 0 Å². The summed E-state index contributed by atoms with van der Waals surface area (Å²) in [4.78, 5) is 12.9. The SMILES string of the molecule is C[C@@H](N[C@H]1CCCc2ccccc21)C(=O)Nc1ccccc1-c1ccccc1. The molecule has 1 aliphatic rings. The first kappa shape index (κ1) is 18.5. The number of anilines is 1. The molecular formula is C25H26N2O. The van der Waals surface area contributed by atoms with Crippen molar-refractivity contribution >= 4 is 11.6 Å². The molecule has 28 heavy (non-hydrogen) atoms. The lowest BCUT2D eigenvalue weighted by Gasteiger charge is -2.29. The molecule has 0 fully saturated rings. The Morgan fingerprint density at radius 2 is 1.64 bits per heavy atom. The summed E-state index contributed by atoms with van der Waals surface area (Å²) in [5.41, 5.74) is 5.70. The van der Waals surface area contributed by atoms with Crippen LogP contribution in [0.1, 0.15) is 36.9 Å². The predicted molar refractivity (Wildman–Crippen MR) is 115 cm³/mol. The number of nitrogens with one attached hydrogen (secondary N) is 2. The first-order chi connectivity index (χ1) is 13.7. The molecule has 0 heterocycles. The predicted octanol–water partition coefficient (Wildman–Crippen LogP) is 5.35. The maximum Gasteiger partial charge on any atom is 0.241 e. The second-order valence-corrected chi connectivity index (χ2v) is 7.43. The normalized spacial score (nSPS) is 16.8. The average Bonchev–Trinajstić information content (AvgIpc) is 2.75. The van der Waals surface area contributed by atoms with Gasteiger partial charge < -0.3 is 5.32 Å². The molecule has 3 heteroatoms. The number of benzene rings is 3. The van der Waals surface area contributed by atoms with Gasteiger partial charge >= 0.3 is 0 Å². The topological polar surface area (TPSA) is 41.1 Å². The van der Waals surface area contributed by atoms with Crippen molar-refractivity contribution < 1.29 is 4.79 Å². The fourth-order valence-electron chi connectivity index (χ4n) is 4.01. The highest BCUT2D eigenvalue weighted by Gasteiger charge is 2.24. The van der Waals surface area contributed by atoms with Crippen LogP contribution in [-0.2, 0) is 11.2 Å². The van der Waals surface area contributed by atoms with Crippen LogP contribution in [0.25, 0.3) is 11.1 Å². The molecule has 1 amide bonds. The van der Waals surface area contributed by atoms with Crippen molar-refractivity contribution in [2.75, 3.05) is 5.32 Å². The van der Waals surface area contributed by atoms with E-state index in [0.29, 0.717) is 0 Å². The van der Waals surface area contributed by atoms with Gasteiger partial charge in [-0.05, 0) is 48.9 Å². The standard InChI is InChI=1S/C25H26N2O/c1-18(26-23-17-9-13-20-12-5-6-14-21(20)23)25(28)27-24-16-8-7-15-22(24)19-10-3-2-4-11-19/h2-8,10-12,14-16,18,23,26H,9,13,17H2,1H3,(H,27,28)/t18-,23+/m1/s1. The molecule has 0 spiro atoms. The van der Waals surface area contributed by atoms with Gasteiger partial charge in [0.25, 0.3) is 0 Å². The average molecular weight is 370 g/mol. The number of para-hydroxylation sites is 1. The number of rotatable bonds is 5. The summed E-state index contributed by atoms with van der Waals surface area (Å²) < 4.78 is 0. The van der Waals surface area contributed by atoms with Crippen LogP contribution in [0.5, 0.6) is 0 Å². The molecule has 2 atom stereocenters. The third kappa shape index (κ3) is 4.00.